The van der Waals surface area contributed by atoms with E-state index >= 15 is 0 Å². The van der Waals surface area contributed by atoms with Crippen molar-refractivity contribution in [2.75, 3.05) is 33.4 Å². The van der Waals surface area contributed by atoms with Crippen LogP contribution in [0.25, 0.3) is 0 Å². The fourth-order valence-electron chi connectivity index (χ4n) is 6.80. The van der Waals surface area contributed by atoms with Crippen molar-refractivity contribution in [3.05, 3.63) is 64.7 Å². The number of imide groups is 1. The molecule has 0 spiro atoms. The van der Waals surface area contributed by atoms with Gasteiger partial charge in [0, 0.05) is 43.2 Å². The van der Waals surface area contributed by atoms with Crippen LogP contribution in [0.3, 0.4) is 0 Å². The summed E-state index contributed by atoms with van der Waals surface area (Å²) >= 11 is 0. The molecular weight excluding hydrogens is 494 g/mol. The number of morpholine rings is 1. The minimum Gasteiger partial charge on any atom is -0.489 e. The van der Waals surface area contributed by atoms with Gasteiger partial charge < -0.3 is 14.4 Å². The maximum Gasteiger partial charge on any atom is 0.255 e. The summed E-state index contributed by atoms with van der Waals surface area (Å²) in [6, 6.07) is 13.9. The van der Waals surface area contributed by atoms with E-state index in [1.54, 1.807) is 17.9 Å². The molecular formula is C31H39N3O5. The van der Waals surface area contributed by atoms with Gasteiger partial charge in [-0.1, -0.05) is 44.2 Å². The van der Waals surface area contributed by atoms with Crippen molar-refractivity contribution >= 4 is 17.7 Å². The van der Waals surface area contributed by atoms with Crippen LogP contribution in [0.4, 0.5) is 0 Å². The van der Waals surface area contributed by atoms with E-state index in [1.165, 1.54) is 17.5 Å². The molecule has 2 fully saturated rings. The number of likely N-dealkylation sites (tertiary alicyclic amines) is 1. The van der Waals surface area contributed by atoms with Crippen LogP contribution in [-0.2, 0) is 33.0 Å². The molecule has 5 rings (SSSR count). The lowest BCUT2D eigenvalue weighted by Crippen LogP contribution is -2.68. The fourth-order valence-corrected chi connectivity index (χ4v) is 6.80. The molecule has 0 N–H and O–H groups in total. The van der Waals surface area contributed by atoms with Crippen LogP contribution >= 0.6 is 0 Å². The van der Waals surface area contributed by atoms with Crippen molar-refractivity contribution < 1.29 is 23.9 Å². The smallest absolute Gasteiger partial charge is 0.255 e. The van der Waals surface area contributed by atoms with Gasteiger partial charge in [-0.15, -0.1) is 0 Å². The standard InChI is InChI=1S/C31H39N3O5/c1-29(2)20-31(5,28(37)32(6)27(29)36)34-26(35)23-8-7-9-24(25(23)30(34,3)4)39-19-22-12-10-21(11-13-22)18-33-14-16-38-17-15-33/h7-13H,14-20H2,1-6H3. The number of amides is 3. The highest BCUT2D eigenvalue weighted by molar-refractivity contribution is 6.09. The van der Waals surface area contributed by atoms with Gasteiger partial charge in [-0.05, 0) is 50.5 Å². The van der Waals surface area contributed by atoms with Crippen molar-refractivity contribution in [1.29, 1.82) is 0 Å². The van der Waals surface area contributed by atoms with Gasteiger partial charge in [0.1, 0.15) is 17.9 Å². The molecule has 2 saturated heterocycles. The summed E-state index contributed by atoms with van der Waals surface area (Å²) in [5.74, 6) is -0.184. The molecule has 0 aliphatic carbocycles. The zero-order valence-corrected chi connectivity index (χ0v) is 23.9. The molecule has 2 aromatic rings. The van der Waals surface area contributed by atoms with Gasteiger partial charge in [-0.2, -0.15) is 0 Å². The third-order valence-electron chi connectivity index (χ3n) is 8.49. The number of rotatable bonds is 6. The Hall–Kier alpha value is -3.23. The molecule has 3 aliphatic heterocycles. The summed E-state index contributed by atoms with van der Waals surface area (Å²) in [7, 11) is 1.51. The number of ether oxygens (including phenoxy) is 2. The minimum absolute atomic E-state index is 0.220. The van der Waals surface area contributed by atoms with E-state index < -0.39 is 16.5 Å². The van der Waals surface area contributed by atoms with Crippen molar-refractivity contribution in [2.24, 2.45) is 5.41 Å². The van der Waals surface area contributed by atoms with Gasteiger partial charge in [0.2, 0.25) is 5.91 Å². The Morgan fingerprint density at radius 2 is 1.51 bits per heavy atom. The summed E-state index contributed by atoms with van der Waals surface area (Å²) in [6.07, 6.45) is 0.248. The van der Waals surface area contributed by atoms with E-state index in [4.69, 9.17) is 9.47 Å². The summed E-state index contributed by atoms with van der Waals surface area (Å²) in [5.41, 5.74) is 0.797. The second-order valence-electron chi connectivity index (χ2n) is 12.4. The second-order valence-corrected chi connectivity index (χ2v) is 12.4. The molecule has 8 nitrogen and oxygen atoms in total. The van der Waals surface area contributed by atoms with Gasteiger partial charge in [0.25, 0.3) is 11.8 Å². The van der Waals surface area contributed by atoms with Crippen molar-refractivity contribution in [1.82, 2.24) is 14.7 Å². The first-order valence-corrected chi connectivity index (χ1v) is 13.7. The first kappa shape index (κ1) is 27.3. The Morgan fingerprint density at radius 3 is 2.18 bits per heavy atom. The number of hydrogen-bond acceptors (Lipinski definition) is 6. The van der Waals surface area contributed by atoms with Crippen LogP contribution in [0.1, 0.15) is 68.1 Å². The lowest BCUT2D eigenvalue weighted by atomic mass is 9.72. The predicted octanol–water partition coefficient (Wildman–Crippen LogP) is 3.96. The highest BCUT2D eigenvalue weighted by Crippen LogP contribution is 2.51. The zero-order valence-electron chi connectivity index (χ0n) is 23.9. The second kappa shape index (κ2) is 9.75. The molecule has 208 valence electrons. The lowest BCUT2D eigenvalue weighted by Gasteiger charge is -2.52. The van der Waals surface area contributed by atoms with Crippen molar-refractivity contribution in [2.45, 2.75) is 65.3 Å². The van der Waals surface area contributed by atoms with Crippen molar-refractivity contribution in [3.63, 3.8) is 0 Å². The SMILES string of the molecule is CN1C(=O)C(C)(C)CC(C)(N2C(=O)c3cccc(OCc4ccc(CN5CCOCC5)cc4)c3C2(C)C)C1=O. The molecule has 0 saturated carbocycles. The van der Waals surface area contributed by atoms with Crippen LogP contribution in [0.2, 0.25) is 0 Å². The average Bonchev–Trinajstić information content (AvgIpc) is 3.12. The Labute approximate surface area is 230 Å². The molecule has 1 unspecified atom stereocenters. The van der Waals surface area contributed by atoms with E-state index in [0.29, 0.717) is 17.9 Å². The zero-order chi connectivity index (χ0) is 28.2. The molecule has 8 heteroatoms. The average molecular weight is 534 g/mol. The predicted molar refractivity (Wildman–Crippen MR) is 147 cm³/mol. The van der Waals surface area contributed by atoms with E-state index in [-0.39, 0.29) is 24.1 Å². The summed E-state index contributed by atoms with van der Waals surface area (Å²) in [5, 5.41) is 0. The van der Waals surface area contributed by atoms with Crippen LogP contribution in [0.5, 0.6) is 5.75 Å². The van der Waals surface area contributed by atoms with Gasteiger partial charge in [0.15, 0.2) is 0 Å². The highest BCUT2D eigenvalue weighted by Gasteiger charge is 2.61. The lowest BCUT2D eigenvalue weighted by molar-refractivity contribution is -0.167. The topological polar surface area (TPSA) is 79.4 Å². The molecule has 3 amide bonds. The van der Waals surface area contributed by atoms with E-state index in [9.17, 15) is 14.4 Å². The molecule has 0 aromatic heterocycles. The van der Waals surface area contributed by atoms with Crippen LogP contribution in [0, 0.1) is 5.41 Å². The first-order valence-electron chi connectivity index (χ1n) is 13.7. The van der Waals surface area contributed by atoms with Crippen molar-refractivity contribution in [3.8, 4) is 5.75 Å². The van der Waals surface area contributed by atoms with Crippen LogP contribution < -0.4 is 4.74 Å². The molecule has 3 heterocycles. The normalized spacial score (nSPS) is 24.7. The third kappa shape index (κ3) is 4.63. The van der Waals surface area contributed by atoms with E-state index in [0.717, 1.165) is 44.0 Å². The Bertz CT molecular complexity index is 1300. The Balaban J connectivity index is 1.37. The van der Waals surface area contributed by atoms with Crippen LogP contribution in [-0.4, -0.2) is 71.3 Å². The van der Waals surface area contributed by atoms with Gasteiger partial charge in [-0.3, -0.25) is 24.2 Å². The van der Waals surface area contributed by atoms with Crippen LogP contribution in [0.15, 0.2) is 42.5 Å². The maximum atomic E-state index is 13.9. The quantitative estimate of drug-likeness (QED) is 0.523. The number of fused-ring (bicyclic) bond motifs is 1. The van der Waals surface area contributed by atoms with Gasteiger partial charge in [-0.25, -0.2) is 0 Å². The molecule has 39 heavy (non-hydrogen) atoms. The fraction of sp³-hybridized carbons (Fsp3) is 0.516. The summed E-state index contributed by atoms with van der Waals surface area (Å²) < 4.78 is 11.8. The monoisotopic (exact) mass is 533 g/mol. The molecule has 0 bridgehead atoms. The van der Waals surface area contributed by atoms with Gasteiger partial charge in [0.05, 0.1) is 18.8 Å². The number of likely N-dealkylation sites (N-methyl/N-ethyl adjacent to an activating group) is 1. The minimum atomic E-state index is -1.18. The molecule has 2 aromatic carbocycles. The number of hydrogen-bond donors (Lipinski definition) is 0. The summed E-state index contributed by atoms with van der Waals surface area (Å²) in [4.78, 5) is 45.5. The Morgan fingerprint density at radius 1 is 0.872 bits per heavy atom. The Kier molecular flexibility index (Phi) is 6.84. The van der Waals surface area contributed by atoms with E-state index in [2.05, 4.69) is 29.2 Å². The third-order valence-corrected chi connectivity index (χ3v) is 8.49. The highest BCUT2D eigenvalue weighted by atomic mass is 16.5. The largest absolute Gasteiger partial charge is 0.489 e. The van der Waals surface area contributed by atoms with Gasteiger partial charge >= 0.3 is 0 Å². The number of carbonyl (C=O) groups excluding carboxylic acids is 3. The maximum absolute atomic E-state index is 13.9. The first-order chi connectivity index (χ1) is 18.4. The number of piperidine rings is 1. The molecule has 0 radical (unpaired) electrons. The summed E-state index contributed by atoms with van der Waals surface area (Å²) in [6.45, 7) is 14.1. The number of carbonyl (C=O) groups is 3. The van der Waals surface area contributed by atoms with E-state index in [1.807, 2.05) is 39.8 Å². The number of nitrogens with zero attached hydrogens (tertiary/aromatic N) is 3. The number of benzene rings is 2. The molecule has 3 aliphatic rings. The molecule has 1 atom stereocenters.